The van der Waals surface area contributed by atoms with Gasteiger partial charge in [-0.25, -0.2) is 0 Å². The Kier molecular flexibility index (Phi) is 4.20. The highest BCUT2D eigenvalue weighted by molar-refractivity contribution is 5.93. The van der Waals surface area contributed by atoms with Crippen LogP contribution in [-0.2, 0) is 27.4 Å². The van der Waals surface area contributed by atoms with Crippen LogP contribution in [0.4, 0.5) is 0 Å². The zero-order valence-electron chi connectivity index (χ0n) is 16.0. The number of likely N-dealkylation sites (tertiary alicyclic amines) is 1. The molecule has 3 aliphatic heterocycles. The van der Waals surface area contributed by atoms with Gasteiger partial charge in [-0.3, -0.25) is 9.59 Å². The quantitative estimate of drug-likeness (QED) is 0.757. The smallest absolute Gasteiger partial charge is 0.230 e. The zero-order valence-corrected chi connectivity index (χ0v) is 16.0. The molecule has 2 aromatic rings. The van der Waals surface area contributed by atoms with Crippen molar-refractivity contribution >= 4 is 11.8 Å². The van der Waals surface area contributed by atoms with Gasteiger partial charge in [0.2, 0.25) is 11.8 Å². The number of benzene rings is 1. The minimum absolute atomic E-state index is 0.0575. The number of nitrogens with one attached hydrogen (secondary N) is 1. The van der Waals surface area contributed by atoms with Crippen molar-refractivity contribution in [1.29, 1.82) is 0 Å². The van der Waals surface area contributed by atoms with Crippen molar-refractivity contribution < 1.29 is 23.5 Å². The summed E-state index contributed by atoms with van der Waals surface area (Å²) in [6.45, 7) is 1.21. The number of hydrogen-bond donors (Lipinski definition) is 1. The lowest BCUT2D eigenvalue weighted by Gasteiger charge is -2.23. The van der Waals surface area contributed by atoms with Crippen molar-refractivity contribution in [3.8, 4) is 5.75 Å². The fraction of sp³-hybridized carbons (Fsp3) is 0.364. The van der Waals surface area contributed by atoms with Crippen LogP contribution >= 0.6 is 0 Å². The minimum atomic E-state index is -0.712. The summed E-state index contributed by atoms with van der Waals surface area (Å²) < 4.78 is 16.7. The first-order chi connectivity index (χ1) is 14.1. The predicted molar refractivity (Wildman–Crippen MR) is 103 cm³/mol. The van der Waals surface area contributed by atoms with Crippen LogP contribution in [0.5, 0.6) is 5.75 Å². The van der Waals surface area contributed by atoms with Crippen molar-refractivity contribution in [1.82, 2.24) is 10.2 Å². The number of methoxy groups -OCH3 is 1. The highest BCUT2D eigenvalue weighted by Gasteiger charge is 2.66. The van der Waals surface area contributed by atoms with Crippen LogP contribution in [0.25, 0.3) is 0 Å². The fourth-order valence-corrected chi connectivity index (χ4v) is 4.65. The second kappa shape index (κ2) is 6.77. The Morgan fingerprint density at radius 2 is 2.14 bits per heavy atom. The van der Waals surface area contributed by atoms with Crippen LogP contribution in [0.1, 0.15) is 11.3 Å². The van der Waals surface area contributed by atoms with E-state index in [-0.39, 0.29) is 17.9 Å². The number of furan rings is 1. The number of amides is 2. The summed E-state index contributed by atoms with van der Waals surface area (Å²) in [4.78, 5) is 27.9. The molecule has 150 valence electrons. The number of fused-ring (bicyclic) bond motifs is 1. The van der Waals surface area contributed by atoms with Crippen LogP contribution < -0.4 is 10.1 Å². The molecule has 1 aromatic carbocycles. The maximum Gasteiger partial charge on any atom is 0.230 e. The number of carbonyl (C=O) groups excluding carboxylic acids is 2. The zero-order chi connectivity index (χ0) is 20.0. The van der Waals surface area contributed by atoms with Crippen LogP contribution in [0.15, 0.2) is 59.2 Å². The SMILES string of the molecule is COc1ccc(CNC(=O)C2C3C=CC4(CN(Cc5ccco5)C(=O)C24)O3)cc1. The third kappa shape index (κ3) is 2.93. The van der Waals surface area contributed by atoms with E-state index in [1.54, 1.807) is 24.3 Å². The number of carbonyl (C=O) groups is 2. The first-order valence-electron chi connectivity index (χ1n) is 9.69. The second-order valence-corrected chi connectivity index (χ2v) is 7.74. The van der Waals surface area contributed by atoms with Crippen molar-refractivity contribution in [2.75, 3.05) is 13.7 Å². The van der Waals surface area contributed by atoms with Gasteiger partial charge >= 0.3 is 0 Å². The Labute approximate surface area is 168 Å². The number of nitrogens with zero attached hydrogens (tertiary/aromatic N) is 1. The van der Waals surface area contributed by atoms with Crippen LogP contribution in [0.2, 0.25) is 0 Å². The first-order valence-corrected chi connectivity index (χ1v) is 9.69. The van der Waals surface area contributed by atoms with Gasteiger partial charge in [0.25, 0.3) is 0 Å². The van der Waals surface area contributed by atoms with E-state index < -0.39 is 17.4 Å². The van der Waals surface area contributed by atoms with Crippen molar-refractivity contribution in [2.24, 2.45) is 11.8 Å². The Bertz CT molecular complexity index is 952. The number of rotatable bonds is 6. The first kappa shape index (κ1) is 18.0. The van der Waals surface area contributed by atoms with Gasteiger partial charge in [-0.15, -0.1) is 0 Å². The molecule has 7 nitrogen and oxygen atoms in total. The van der Waals surface area contributed by atoms with E-state index in [4.69, 9.17) is 13.9 Å². The summed E-state index contributed by atoms with van der Waals surface area (Å²) in [7, 11) is 1.61. The fourth-order valence-electron chi connectivity index (χ4n) is 4.65. The molecule has 0 saturated carbocycles. The summed E-state index contributed by atoms with van der Waals surface area (Å²) in [6.07, 6.45) is 5.10. The molecule has 1 N–H and O–H groups in total. The molecule has 0 radical (unpaired) electrons. The molecule has 1 aromatic heterocycles. The highest BCUT2D eigenvalue weighted by atomic mass is 16.5. The van der Waals surface area contributed by atoms with Gasteiger partial charge in [-0.05, 0) is 29.8 Å². The normalized spacial score (nSPS) is 29.3. The van der Waals surface area contributed by atoms with Crippen LogP contribution in [0.3, 0.4) is 0 Å². The van der Waals surface area contributed by atoms with Gasteiger partial charge in [0.15, 0.2) is 0 Å². The van der Waals surface area contributed by atoms with E-state index in [1.165, 1.54) is 0 Å². The Hall–Kier alpha value is -3.06. The molecule has 2 fully saturated rings. The molecule has 5 rings (SSSR count). The summed E-state index contributed by atoms with van der Waals surface area (Å²) in [5.41, 5.74) is 0.252. The molecule has 3 aliphatic rings. The van der Waals surface area contributed by atoms with Gasteiger partial charge in [-0.1, -0.05) is 24.3 Å². The lowest BCUT2D eigenvalue weighted by Crippen LogP contribution is -2.43. The van der Waals surface area contributed by atoms with E-state index in [0.717, 1.165) is 11.3 Å². The van der Waals surface area contributed by atoms with E-state index in [2.05, 4.69) is 5.32 Å². The molecular formula is C22H22N2O5. The molecule has 2 saturated heterocycles. The largest absolute Gasteiger partial charge is 0.497 e. The predicted octanol–water partition coefficient (Wildman–Crippen LogP) is 1.89. The standard InChI is InChI=1S/C22H22N2O5/c1-27-15-6-4-14(5-7-15)11-23-20(25)18-17-8-9-22(29-17)13-24(21(26)19(18)22)12-16-3-2-10-28-16/h2-10,17-19H,11-13H2,1H3,(H,23,25). The molecule has 29 heavy (non-hydrogen) atoms. The van der Waals surface area contributed by atoms with Gasteiger partial charge < -0.3 is 24.1 Å². The van der Waals surface area contributed by atoms with Crippen LogP contribution in [0, 0.1) is 11.8 Å². The van der Waals surface area contributed by atoms with Gasteiger partial charge in [0, 0.05) is 6.54 Å². The summed E-state index contributed by atoms with van der Waals surface area (Å²) >= 11 is 0. The summed E-state index contributed by atoms with van der Waals surface area (Å²) in [6, 6.07) is 11.2. The van der Waals surface area contributed by atoms with Crippen molar-refractivity contribution in [3.63, 3.8) is 0 Å². The lowest BCUT2D eigenvalue weighted by atomic mass is 9.77. The molecule has 4 atom stereocenters. The number of hydrogen-bond acceptors (Lipinski definition) is 5. The molecule has 1 spiro atoms. The second-order valence-electron chi connectivity index (χ2n) is 7.74. The Morgan fingerprint density at radius 1 is 1.31 bits per heavy atom. The molecule has 0 aliphatic carbocycles. The van der Waals surface area contributed by atoms with Gasteiger partial charge in [-0.2, -0.15) is 0 Å². The Morgan fingerprint density at radius 3 is 2.86 bits per heavy atom. The summed E-state index contributed by atoms with van der Waals surface area (Å²) in [5, 5.41) is 2.97. The third-order valence-electron chi connectivity index (χ3n) is 6.03. The number of ether oxygens (including phenoxy) is 2. The highest BCUT2D eigenvalue weighted by Crippen LogP contribution is 2.52. The monoisotopic (exact) mass is 394 g/mol. The Balaban J connectivity index is 1.29. The molecule has 4 heterocycles. The topological polar surface area (TPSA) is 81.0 Å². The van der Waals surface area contributed by atoms with E-state index in [9.17, 15) is 9.59 Å². The van der Waals surface area contributed by atoms with E-state index in [0.29, 0.717) is 25.4 Å². The maximum absolute atomic E-state index is 13.1. The average Bonchev–Trinajstić information content (AvgIpc) is 3.50. The van der Waals surface area contributed by atoms with Crippen molar-refractivity contribution in [2.45, 2.75) is 24.8 Å². The maximum atomic E-state index is 13.1. The molecule has 4 unspecified atom stereocenters. The van der Waals surface area contributed by atoms with E-state index in [1.807, 2.05) is 42.5 Å². The average molecular weight is 394 g/mol. The van der Waals surface area contributed by atoms with Crippen molar-refractivity contribution in [3.05, 3.63) is 66.1 Å². The molecule has 2 amide bonds. The molecule has 2 bridgehead atoms. The summed E-state index contributed by atoms with van der Waals surface area (Å²) in [5.74, 6) is 0.249. The van der Waals surface area contributed by atoms with E-state index >= 15 is 0 Å². The third-order valence-corrected chi connectivity index (χ3v) is 6.03. The van der Waals surface area contributed by atoms with Crippen LogP contribution in [-0.4, -0.2) is 42.1 Å². The molecular weight excluding hydrogens is 372 g/mol. The van der Waals surface area contributed by atoms with Gasteiger partial charge in [0.05, 0.1) is 44.4 Å². The minimum Gasteiger partial charge on any atom is -0.497 e. The van der Waals surface area contributed by atoms with Gasteiger partial charge in [0.1, 0.15) is 17.1 Å². The molecule has 7 heteroatoms. The lowest BCUT2D eigenvalue weighted by molar-refractivity contribution is -0.138.